The van der Waals surface area contributed by atoms with Gasteiger partial charge in [-0.2, -0.15) is 62.9 Å². The highest BCUT2D eigenvalue weighted by Gasteiger charge is 2.74. The molecule has 1 saturated heterocycles. The Kier molecular flexibility index (Phi) is 12.5. The fourth-order valence-electron chi connectivity index (χ4n) is 4.93. The largest absolute Gasteiger partial charge is 0.498 e. The van der Waals surface area contributed by atoms with Crippen LogP contribution in [0.4, 0.5) is 61.5 Å². The molecule has 1 aliphatic rings. The summed E-state index contributed by atoms with van der Waals surface area (Å²) in [7, 11) is -0.848. The van der Waals surface area contributed by atoms with E-state index in [9.17, 15) is 61.5 Å². The molecule has 4 aromatic rings. The van der Waals surface area contributed by atoms with E-state index in [0.717, 1.165) is 9.36 Å². The van der Waals surface area contributed by atoms with Crippen LogP contribution >= 0.6 is 69.0 Å². The van der Waals surface area contributed by atoms with Gasteiger partial charge in [0.25, 0.3) is 0 Å². The number of hydrogen-bond acceptors (Lipinski definition) is 4. The van der Waals surface area contributed by atoms with Crippen molar-refractivity contribution in [3.8, 4) is 11.4 Å². The molecule has 0 unspecified atom stereocenters. The van der Waals surface area contributed by atoms with Crippen molar-refractivity contribution in [1.29, 1.82) is 0 Å². The lowest BCUT2D eigenvalue weighted by Crippen LogP contribution is -2.50. The molecule has 0 saturated carbocycles. The van der Waals surface area contributed by atoms with E-state index < -0.39 is 85.6 Å². The zero-order valence-corrected chi connectivity index (χ0v) is 33.2. The number of halogens is 19. The van der Waals surface area contributed by atoms with E-state index in [1.54, 1.807) is 0 Å². The van der Waals surface area contributed by atoms with Crippen molar-refractivity contribution in [3.63, 3.8) is 0 Å². The molecule has 0 N–H and O–H groups in total. The van der Waals surface area contributed by atoms with E-state index in [1.807, 2.05) is 50.3 Å². The highest BCUT2D eigenvalue weighted by Crippen LogP contribution is 2.56. The van der Waals surface area contributed by atoms with Crippen LogP contribution in [0.5, 0.6) is 0 Å². The van der Waals surface area contributed by atoms with Crippen LogP contribution < -0.4 is 5.46 Å². The highest BCUT2D eigenvalue weighted by molar-refractivity contribution is 14.1. The number of nitrogens with zero attached hydrogens (tertiary/aromatic N) is 4. The Hall–Kier alpha value is -2.25. The van der Waals surface area contributed by atoms with Gasteiger partial charge in [-0.1, -0.05) is 46.4 Å². The summed E-state index contributed by atoms with van der Waals surface area (Å²) >= 11 is 25.2. The van der Waals surface area contributed by atoms with Crippen molar-refractivity contribution >= 4 is 81.6 Å². The topological polar surface area (TPSA) is 54.1 Å². The lowest BCUT2D eigenvalue weighted by molar-refractivity contribution is -0.349. The molecule has 0 amide bonds. The lowest BCUT2D eigenvalue weighted by atomic mass is 9.82. The van der Waals surface area contributed by atoms with Crippen LogP contribution in [0.25, 0.3) is 11.4 Å². The number of aromatic nitrogens is 4. The van der Waals surface area contributed by atoms with Gasteiger partial charge >= 0.3 is 43.2 Å². The van der Waals surface area contributed by atoms with Gasteiger partial charge in [-0.15, -0.1) is 0 Å². The number of hydrogen-bond donors (Lipinski definition) is 0. The van der Waals surface area contributed by atoms with Crippen molar-refractivity contribution < 1.29 is 70.8 Å². The average Bonchev–Trinajstić information content (AvgIpc) is 3.71. The van der Waals surface area contributed by atoms with Gasteiger partial charge in [-0.05, 0) is 74.6 Å². The maximum absolute atomic E-state index is 14.4. The summed E-state index contributed by atoms with van der Waals surface area (Å²) in [5.74, 6) is 0. The number of benzene rings is 2. The van der Waals surface area contributed by atoms with Crippen LogP contribution in [0.15, 0.2) is 49.1 Å². The van der Waals surface area contributed by atoms with E-state index >= 15 is 0 Å². The highest BCUT2D eigenvalue weighted by atomic mass is 127. The molecule has 3 heterocycles. The minimum atomic E-state index is -6.30. The second-order valence-corrected chi connectivity index (χ2v) is 15.7. The van der Waals surface area contributed by atoms with Gasteiger partial charge in [0.15, 0.2) is 0 Å². The van der Waals surface area contributed by atoms with Crippen molar-refractivity contribution in [1.82, 2.24) is 19.6 Å². The van der Waals surface area contributed by atoms with Gasteiger partial charge in [-0.3, -0.25) is 0 Å². The standard InChI is InChI=1S/C18H16BCl2F7N2O2.C12H4Cl2F7IN2/c1-14(2)15(3,4)32-19(31-14)10-7-29-30(8-10)13-11(20)5-9(6-12(13)21)16(22,17(23,24)25)18(26,27)28;13-7-1-5(10(15,11(16,17)18)12(19,20)21)2-8(14)9(7)24-4-6(22)3-23-24/h5-8H,1-4H3;1-4H. The van der Waals surface area contributed by atoms with Crippen LogP contribution in [0, 0.1) is 3.57 Å². The quantitative estimate of drug-likeness (QED) is 0.114. The number of alkyl halides is 14. The zero-order chi connectivity index (χ0) is 43.0. The fourth-order valence-corrected chi connectivity index (χ4v) is 6.63. The lowest BCUT2D eigenvalue weighted by Gasteiger charge is -2.32. The summed E-state index contributed by atoms with van der Waals surface area (Å²) in [5.41, 5.74) is -16.2. The summed E-state index contributed by atoms with van der Waals surface area (Å²) in [6.07, 6.45) is -19.7. The van der Waals surface area contributed by atoms with Crippen LogP contribution in [-0.4, -0.2) is 62.6 Å². The molecule has 1 fully saturated rings. The Morgan fingerprint density at radius 3 is 1.14 bits per heavy atom. The van der Waals surface area contributed by atoms with Crippen LogP contribution in [-0.2, 0) is 20.6 Å². The molecule has 6 nitrogen and oxygen atoms in total. The third-order valence-electron chi connectivity index (χ3n) is 8.53. The molecular weight excluding hydrogens is 994 g/mol. The van der Waals surface area contributed by atoms with Gasteiger partial charge in [0.2, 0.25) is 0 Å². The summed E-state index contributed by atoms with van der Waals surface area (Å²) in [6, 6.07) is 0.913. The molecule has 0 spiro atoms. The molecule has 2 aromatic carbocycles. The Balaban J connectivity index is 0.000000259. The van der Waals surface area contributed by atoms with Crippen molar-refractivity contribution in [2.75, 3.05) is 0 Å². The van der Waals surface area contributed by atoms with E-state index in [4.69, 9.17) is 55.7 Å². The van der Waals surface area contributed by atoms with Gasteiger partial charge in [0.05, 0.1) is 41.1 Å². The molecular formula is C30H20BCl4F14IN4O2. The molecule has 0 radical (unpaired) electrons. The second kappa shape index (κ2) is 15.1. The zero-order valence-electron chi connectivity index (χ0n) is 28.0. The van der Waals surface area contributed by atoms with Gasteiger partial charge < -0.3 is 9.31 Å². The minimum absolute atomic E-state index is 0.170. The first-order valence-electron chi connectivity index (χ1n) is 14.9. The summed E-state index contributed by atoms with van der Waals surface area (Å²) in [5, 5.41) is 5.20. The molecule has 0 aliphatic carbocycles. The molecule has 5 rings (SSSR count). The first kappa shape index (κ1) is 46.4. The SMILES string of the molecule is CC1(C)OB(c2cnn(-c3c(Cl)cc(C(F)(C(F)(F)F)C(F)(F)F)cc3Cl)c2)OC1(C)C.FC(F)(F)C(F)(c1cc(Cl)c(-n2cc(I)cn2)c(Cl)c1)C(F)(F)F. The molecule has 308 valence electrons. The van der Waals surface area contributed by atoms with Crippen molar-refractivity contribution in [2.24, 2.45) is 0 Å². The molecule has 0 bridgehead atoms. The number of rotatable bonds is 5. The van der Waals surface area contributed by atoms with E-state index in [0.29, 0.717) is 9.03 Å². The Morgan fingerprint density at radius 1 is 0.554 bits per heavy atom. The molecule has 0 atom stereocenters. The molecule has 56 heavy (non-hydrogen) atoms. The molecule has 2 aromatic heterocycles. The molecule has 26 heteroatoms. The predicted octanol–water partition coefficient (Wildman–Crippen LogP) is 11.8. The van der Waals surface area contributed by atoms with Gasteiger partial charge in [-0.25, -0.2) is 18.1 Å². The summed E-state index contributed by atoms with van der Waals surface area (Å²) in [6.45, 7) is 7.26. The minimum Gasteiger partial charge on any atom is -0.399 e. The van der Waals surface area contributed by atoms with Gasteiger partial charge in [0, 0.05) is 35.2 Å². The van der Waals surface area contributed by atoms with Crippen LogP contribution in [0.2, 0.25) is 20.1 Å². The summed E-state index contributed by atoms with van der Waals surface area (Å²) < 4.78 is 198. The van der Waals surface area contributed by atoms with E-state index in [-0.39, 0.29) is 35.6 Å². The molecule has 1 aliphatic heterocycles. The van der Waals surface area contributed by atoms with Crippen molar-refractivity contribution in [2.45, 2.75) is 74.9 Å². The van der Waals surface area contributed by atoms with E-state index in [1.165, 1.54) is 24.8 Å². The van der Waals surface area contributed by atoms with Gasteiger partial charge in [0.1, 0.15) is 11.4 Å². The van der Waals surface area contributed by atoms with E-state index in [2.05, 4.69) is 10.2 Å². The first-order chi connectivity index (χ1) is 25.1. The third kappa shape index (κ3) is 8.30. The Bertz CT molecular complexity index is 2010. The Labute approximate surface area is 340 Å². The van der Waals surface area contributed by atoms with Crippen molar-refractivity contribution in [3.05, 3.63) is 83.8 Å². The fraction of sp³-hybridized carbons (Fsp3) is 0.400. The average molecular weight is 1010 g/mol. The summed E-state index contributed by atoms with van der Waals surface area (Å²) in [4.78, 5) is 0. The Morgan fingerprint density at radius 2 is 0.857 bits per heavy atom. The monoisotopic (exact) mass is 1010 g/mol. The normalized spacial score (nSPS) is 16.6. The predicted molar refractivity (Wildman–Crippen MR) is 185 cm³/mol. The third-order valence-corrected chi connectivity index (χ3v) is 10.2. The second-order valence-electron chi connectivity index (χ2n) is 12.8. The van der Waals surface area contributed by atoms with Crippen LogP contribution in [0.3, 0.4) is 0 Å². The first-order valence-corrected chi connectivity index (χ1v) is 17.4. The maximum Gasteiger partial charge on any atom is 0.498 e. The van der Waals surface area contributed by atoms with Crippen LogP contribution in [0.1, 0.15) is 38.8 Å². The maximum atomic E-state index is 14.4. The smallest absolute Gasteiger partial charge is 0.399 e.